The second-order valence-corrected chi connectivity index (χ2v) is 3.96. The lowest BCUT2D eigenvalue weighted by Gasteiger charge is -2.04. The summed E-state index contributed by atoms with van der Waals surface area (Å²) in [7, 11) is 0. The van der Waals surface area contributed by atoms with Crippen LogP contribution in [0.4, 0.5) is 0 Å². The van der Waals surface area contributed by atoms with Crippen LogP contribution in [0.2, 0.25) is 10.0 Å². The largest absolute Gasteiger partial charge is 0.327 e. The maximum atomic E-state index is 5.99. The maximum absolute atomic E-state index is 5.99. The van der Waals surface area contributed by atoms with E-state index < -0.39 is 0 Å². The second kappa shape index (κ2) is 2.91. The molecular weight excluding hydrogens is 193 g/mol. The third-order valence-corrected chi connectivity index (χ3v) is 2.87. The van der Waals surface area contributed by atoms with Gasteiger partial charge in [-0.25, -0.2) is 0 Å². The molecule has 1 aromatic carbocycles. The molecule has 1 fully saturated rings. The number of halogens is 2. The van der Waals surface area contributed by atoms with E-state index in [9.17, 15) is 0 Å². The van der Waals surface area contributed by atoms with Gasteiger partial charge in [-0.1, -0.05) is 29.3 Å². The highest BCUT2D eigenvalue weighted by atomic mass is 35.5. The highest BCUT2D eigenvalue weighted by molar-refractivity contribution is 6.36. The van der Waals surface area contributed by atoms with Crippen molar-refractivity contribution in [1.82, 2.24) is 0 Å². The summed E-state index contributed by atoms with van der Waals surface area (Å²) in [4.78, 5) is 0. The van der Waals surface area contributed by atoms with E-state index in [-0.39, 0.29) is 6.04 Å². The Labute approximate surface area is 81.5 Å². The van der Waals surface area contributed by atoms with Gasteiger partial charge < -0.3 is 5.73 Å². The van der Waals surface area contributed by atoms with Crippen LogP contribution in [0.15, 0.2) is 18.2 Å². The molecule has 12 heavy (non-hydrogen) atoms. The number of rotatable bonds is 1. The van der Waals surface area contributed by atoms with Crippen LogP contribution in [-0.2, 0) is 0 Å². The third-order valence-electron chi connectivity index (χ3n) is 2.21. The molecule has 64 valence electrons. The van der Waals surface area contributed by atoms with Gasteiger partial charge >= 0.3 is 0 Å². The van der Waals surface area contributed by atoms with Crippen molar-refractivity contribution in [3.63, 3.8) is 0 Å². The van der Waals surface area contributed by atoms with E-state index in [2.05, 4.69) is 0 Å². The van der Waals surface area contributed by atoms with Crippen molar-refractivity contribution in [3.05, 3.63) is 33.8 Å². The van der Waals surface area contributed by atoms with Crippen molar-refractivity contribution >= 4 is 23.2 Å². The van der Waals surface area contributed by atoms with Crippen LogP contribution in [0.25, 0.3) is 0 Å². The van der Waals surface area contributed by atoms with E-state index in [0.717, 1.165) is 22.0 Å². The van der Waals surface area contributed by atoms with Gasteiger partial charge in [-0.2, -0.15) is 0 Å². The van der Waals surface area contributed by atoms with Gasteiger partial charge in [-0.05, 0) is 24.1 Å². The molecule has 0 radical (unpaired) electrons. The first-order chi connectivity index (χ1) is 5.70. The molecule has 1 saturated carbocycles. The van der Waals surface area contributed by atoms with Crippen LogP contribution in [0, 0.1) is 0 Å². The lowest BCUT2D eigenvalue weighted by molar-refractivity contribution is 0.991. The molecule has 0 amide bonds. The summed E-state index contributed by atoms with van der Waals surface area (Å²) < 4.78 is 0. The molecule has 2 atom stereocenters. The summed E-state index contributed by atoms with van der Waals surface area (Å²) in [5.74, 6) is 0.381. The Morgan fingerprint density at radius 3 is 2.17 bits per heavy atom. The third kappa shape index (κ3) is 1.33. The number of hydrogen-bond acceptors (Lipinski definition) is 1. The van der Waals surface area contributed by atoms with Gasteiger partial charge in [0.05, 0.1) is 0 Å². The molecule has 0 bridgehead atoms. The molecule has 0 aliphatic heterocycles. The molecule has 0 saturated heterocycles. The van der Waals surface area contributed by atoms with Crippen molar-refractivity contribution < 1.29 is 0 Å². The molecule has 1 nitrogen and oxygen atoms in total. The van der Waals surface area contributed by atoms with E-state index in [0.29, 0.717) is 5.92 Å². The average Bonchev–Trinajstić information content (AvgIpc) is 2.67. The molecule has 2 rings (SSSR count). The summed E-state index contributed by atoms with van der Waals surface area (Å²) in [6.07, 6.45) is 1.00. The predicted molar refractivity (Wildman–Crippen MR) is 51.8 cm³/mol. The maximum Gasteiger partial charge on any atom is 0.0456 e. The molecule has 1 aromatic rings. The monoisotopic (exact) mass is 201 g/mol. The van der Waals surface area contributed by atoms with Gasteiger partial charge in [0.1, 0.15) is 0 Å². The Morgan fingerprint density at radius 1 is 1.25 bits per heavy atom. The topological polar surface area (TPSA) is 26.0 Å². The molecule has 2 N–H and O–H groups in total. The van der Waals surface area contributed by atoms with Gasteiger partial charge in [0.25, 0.3) is 0 Å². The number of nitrogens with two attached hydrogens (primary N) is 1. The molecule has 0 heterocycles. The summed E-state index contributed by atoms with van der Waals surface area (Å²) in [6.45, 7) is 0. The Morgan fingerprint density at radius 2 is 1.75 bits per heavy atom. The van der Waals surface area contributed by atoms with Gasteiger partial charge in [0, 0.05) is 22.0 Å². The molecule has 0 spiro atoms. The van der Waals surface area contributed by atoms with E-state index in [1.54, 1.807) is 0 Å². The van der Waals surface area contributed by atoms with Crippen LogP contribution in [0.5, 0.6) is 0 Å². The van der Waals surface area contributed by atoms with E-state index in [4.69, 9.17) is 28.9 Å². The first-order valence-corrected chi connectivity index (χ1v) is 4.65. The SMILES string of the molecule is NC1CC1c1c(Cl)cccc1Cl. The fourth-order valence-electron chi connectivity index (χ4n) is 1.41. The highest BCUT2D eigenvalue weighted by Crippen LogP contribution is 2.45. The predicted octanol–water partition coefficient (Wildman–Crippen LogP) is 2.81. The summed E-state index contributed by atoms with van der Waals surface area (Å²) in [5, 5.41) is 1.47. The van der Waals surface area contributed by atoms with E-state index in [1.807, 2.05) is 18.2 Å². The zero-order valence-electron chi connectivity index (χ0n) is 6.43. The Bertz CT molecular complexity index is 291. The summed E-state index contributed by atoms with van der Waals surface area (Å²) in [5.41, 5.74) is 6.74. The lowest BCUT2D eigenvalue weighted by atomic mass is 10.1. The zero-order chi connectivity index (χ0) is 8.72. The van der Waals surface area contributed by atoms with Gasteiger partial charge in [0.15, 0.2) is 0 Å². The number of benzene rings is 1. The molecule has 1 aliphatic rings. The highest BCUT2D eigenvalue weighted by Gasteiger charge is 2.37. The van der Waals surface area contributed by atoms with Crippen molar-refractivity contribution in [1.29, 1.82) is 0 Å². The fraction of sp³-hybridized carbons (Fsp3) is 0.333. The first kappa shape index (κ1) is 8.36. The minimum atomic E-state index is 0.252. The van der Waals surface area contributed by atoms with Crippen molar-refractivity contribution in [2.24, 2.45) is 5.73 Å². The first-order valence-electron chi connectivity index (χ1n) is 3.89. The van der Waals surface area contributed by atoms with Crippen LogP contribution in [0.3, 0.4) is 0 Å². The normalized spacial score (nSPS) is 27.2. The standard InChI is InChI=1S/C9H9Cl2N/c10-6-2-1-3-7(11)9(6)5-4-8(5)12/h1-3,5,8H,4,12H2. The molecule has 3 heteroatoms. The van der Waals surface area contributed by atoms with E-state index >= 15 is 0 Å². The molecule has 2 unspecified atom stereocenters. The quantitative estimate of drug-likeness (QED) is 0.744. The van der Waals surface area contributed by atoms with Gasteiger partial charge in [-0.15, -0.1) is 0 Å². The smallest absolute Gasteiger partial charge is 0.0456 e. The van der Waals surface area contributed by atoms with Crippen LogP contribution < -0.4 is 5.73 Å². The van der Waals surface area contributed by atoms with Crippen LogP contribution >= 0.6 is 23.2 Å². The van der Waals surface area contributed by atoms with Crippen LogP contribution in [0.1, 0.15) is 17.9 Å². The van der Waals surface area contributed by atoms with Gasteiger partial charge in [-0.3, -0.25) is 0 Å². The summed E-state index contributed by atoms with van der Waals surface area (Å²) in [6, 6.07) is 5.81. The second-order valence-electron chi connectivity index (χ2n) is 3.14. The summed E-state index contributed by atoms with van der Waals surface area (Å²) >= 11 is 12.0. The van der Waals surface area contributed by atoms with Crippen molar-refractivity contribution in [2.75, 3.05) is 0 Å². The minimum absolute atomic E-state index is 0.252. The minimum Gasteiger partial charge on any atom is -0.327 e. The van der Waals surface area contributed by atoms with Gasteiger partial charge in [0.2, 0.25) is 0 Å². The molecule has 1 aliphatic carbocycles. The lowest BCUT2D eigenvalue weighted by Crippen LogP contribution is -2.01. The van der Waals surface area contributed by atoms with E-state index in [1.165, 1.54) is 0 Å². The molecular formula is C9H9Cl2N. The zero-order valence-corrected chi connectivity index (χ0v) is 7.94. The Balaban J connectivity index is 2.41. The molecule has 0 aromatic heterocycles. The Hall–Kier alpha value is -0.240. The Kier molecular flexibility index (Phi) is 2.03. The van der Waals surface area contributed by atoms with Crippen LogP contribution in [-0.4, -0.2) is 6.04 Å². The van der Waals surface area contributed by atoms with Crippen molar-refractivity contribution in [3.8, 4) is 0 Å². The number of hydrogen-bond donors (Lipinski definition) is 1. The average molecular weight is 202 g/mol. The van der Waals surface area contributed by atoms with Crippen molar-refractivity contribution in [2.45, 2.75) is 18.4 Å². The fourth-order valence-corrected chi connectivity index (χ4v) is 2.09.